The topological polar surface area (TPSA) is 29.5 Å². The van der Waals surface area contributed by atoms with Gasteiger partial charge in [-0.05, 0) is 67.0 Å². The molecule has 0 saturated heterocycles. The third-order valence-corrected chi connectivity index (χ3v) is 4.77. The van der Waals surface area contributed by atoms with E-state index in [1.807, 2.05) is 12.1 Å². The third-order valence-electron chi connectivity index (χ3n) is 4.15. The molecule has 0 spiro atoms. The molecule has 0 saturated carbocycles. The fourth-order valence-electron chi connectivity index (χ4n) is 2.74. The summed E-state index contributed by atoms with van der Waals surface area (Å²) in [4.78, 5) is 0. The normalized spacial score (nSPS) is 11.5. The molecule has 4 heteroatoms. The van der Waals surface area contributed by atoms with Gasteiger partial charge in [-0.2, -0.15) is 0 Å². The van der Waals surface area contributed by atoms with E-state index in [9.17, 15) is 0 Å². The van der Waals surface area contributed by atoms with Gasteiger partial charge in [0, 0.05) is 0 Å². The number of hydrogen-bond donors (Lipinski definition) is 1. The van der Waals surface area contributed by atoms with Crippen molar-refractivity contribution in [2.24, 2.45) is 0 Å². The Hall–Kier alpha value is -1.78. The van der Waals surface area contributed by atoms with Crippen LogP contribution < -0.4 is 4.65 Å². The Balaban J connectivity index is 2.02. The molecule has 0 unspecified atom stereocenters. The molecule has 0 bridgehead atoms. The number of hydrogen-bond acceptors (Lipinski definition) is 2. The molecule has 1 N–H and O–H groups in total. The smallest absolute Gasteiger partial charge is 0.537 e. The molecule has 121 valence electrons. The van der Waals surface area contributed by atoms with Crippen molar-refractivity contribution in [3.63, 3.8) is 0 Å². The zero-order valence-electron chi connectivity index (χ0n) is 14.0. The lowest BCUT2D eigenvalue weighted by atomic mass is 9.86. The molecule has 0 amide bonds. The van der Waals surface area contributed by atoms with Crippen LogP contribution in [0.5, 0.6) is 5.75 Å². The second-order valence-corrected chi connectivity index (χ2v) is 7.75. The molecule has 0 aliphatic heterocycles. The van der Waals surface area contributed by atoms with Crippen LogP contribution in [0.4, 0.5) is 0 Å². The minimum atomic E-state index is 0.154. The average molecular weight is 382 g/mol. The van der Waals surface area contributed by atoms with Crippen molar-refractivity contribution in [1.82, 2.24) is 0 Å². The molecule has 24 heavy (non-hydrogen) atoms. The van der Waals surface area contributed by atoms with E-state index in [0.29, 0.717) is 13.4 Å². The van der Waals surface area contributed by atoms with Crippen molar-refractivity contribution >= 4 is 34.4 Å². The number of halogens is 1. The van der Waals surface area contributed by atoms with Crippen LogP contribution in [-0.2, 0) is 5.41 Å². The number of benzene rings is 3. The van der Waals surface area contributed by atoms with Crippen LogP contribution in [0.3, 0.4) is 0 Å². The van der Waals surface area contributed by atoms with Gasteiger partial charge >= 0.3 is 7.69 Å². The van der Waals surface area contributed by atoms with Gasteiger partial charge in [0.05, 0.1) is 4.47 Å². The van der Waals surface area contributed by atoms with Crippen molar-refractivity contribution in [1.29, 1.82) is 0 Å². The predicted molar refractivity (Wildman–Crippen MR) is 104 cm³/mol. The van der Waals surface area contributed by atoms with Crippen LogP contribution in [-0.4, -0.2) is 12.7 Å². The van der Waals surface area contributed by atoms with Crippen molar-refractivity contribution in [2.45, 2.75) is 26.2 Å². The largest absolute Gasteiger partial charge is 0.569 e. The molecule has 3 rings (SSSR count). The van der Waals surface area contributed by atoms with Gasteiger partial charge < -0.3 is 9.68 Å². The number of fused-ring (bicyclic) bond motifs is 1. The maximum Gasteiger partial charge on any atom is 0.569 e. The zero-order valence-corrected chi connectivity index (χ0v) is 15.6. The molecular formula is C20H19BBrO2. The first kappa shape index (κ1) is 17.1. The molecule has 1 radical (unpaired) electrons. The van der Waals surface area contributed by atoms with Crippen molar-refractivity contribution in [2.75, 3.05) is 0 Å². The highest BCUT2D eigenvalue weighted by molar-refractivity contribution is 9.10. The van der Waals surface area contributed by atoms with Crippen LogP contribution >= 0.6 is 15.9 Å². The highest BCUT2D eigenvalue weighted by Gasteiger charge is 2.13. The van der Waals surface area contributed by atoms with E-state index in [1.54, 1.807) is 0 Å². The summed E-state index contributed by atoms with van der Waals surface area (Å²) in [7, 11) is 0.695. The molecule has 3 aromatic rings. The first-order valence-electron chi connectivity index (χ1n) is 7.85. The summed E-state index contributed by atoms with van der Waals surface area (Å²) in [5, 5.41) is 11.0. The summed E-state index contributed by atoms with van der Waals surface area (Å²) < 4.78 is 5.94. The Morgan fingerprint density at radius 3 is 2.17 bits per heavy atom. The Bertz CT molecular complexity index is 867. The summed E-state index contributed by atoms with van der Waals surface area (Å²) >= 11 is 3.45. The van der Waals surface area contributed by atoms with E-state index in [-0.39, 0.29) is 5.41 Å². The van der Waals surface area contributed by atoms with Gasteiger partial charge in [0.15, 0.2) is 0 Å². The lowest BCUT2D eigenvalue weighted by molar-refractivity contribution is 0.452. The highest BCUT2D eigenvalue weighted by Crippen LogP contribution is 2.33. The van der Waals surface area contributed by atoms with E-state index >= 15 is 0 Å². The van der Waals surface area contributed by atoms with Gasteiger partial charge in [-0.3, -0.25) is 0 Å². The second-order valence-electron chi connectivity index (χ2n) is 6.90. The Morgan fingerprint density at radius 2 is 1.54 bits per heavy atom. The number of rotatable bonds is 3. The first-order valence-corrected chi connectivity index (χ1v) is 8.64. The van der Waals surface area contributed by atoms with Crippen molar-refractivity contribution < 1.29 is 9.68 Å². The van der Waals surface area contributed by atoms with Gasteiger partial charge in [-0.1, -0.05) is 57.2 Å². The molecule has 0 fully saturated rings. The van der Waals surface area contributed by atoms with E-state index in [4.69, 9.17) is 9.68 Å². The Labute approximate surface area is 151 Å². The Morgan fingerprint density at radius 1 is 0.875 bits per heavy atom. The minimum Gasteiger partial charge on any atom is -0.537 e. The SMILES string of the molecule is CC(C)(C)c1ccc(-c2ccc3cc(Br)c(O[B]O)cc3c2)cc1. The molecule has 2 nitrogen and oxygen atoms in total. The summed E-state index contributed by atoms with van der Waals surface area (Å²) in [6, 6.07) is 19.0. The van der Waals surface area contributed by atoms with Gasteiger partial charge in [-0.25, -0.2) is 0 Å². The van der Waals surface area contributed by atoms with Crippen LogP contribution in [0.15, 0.2) is 59.1 Å². The van der Waals surface area contributed by atoms with Gasteiger partial charge in [0.1, 0.15) is 5.75 Å². The average Bonchev–Trinajstić information content (AvgIpc) is 2.55. The quantitative estimate of drug-likeness (QED) is 0.609. The van der Waals surface area contributed by atoms with Crippen LogP contribution in [0.2, 0.25) is 0 Å². The van der Waals surface area contributed by atoms with Gasteiger partial charge in [0.25, 0.3) is 0 Å². The maximum atomic E-state index is 8.87. The maximum absolute atomic E-state index is 8.87. The second kappa shape index (κ2) is 6.62. The standard InChI is InChI=1S/C20H19BBrO2/c1-20(2,3)17-8-6-13(7-9-17)14-4-5-15-11-18(22)19(24-21-23)12-16(15)10-14/h4-12,23H,1-3H3. The van der Waals surface area contributed by atoms with Crippen molar-refractivity contribution in [3.05, 3.63) is 64.6 Å². The van der Waals surface area contributed by atoms with Crippen LogP contribution in [0.25, 0.3) is 21.9 Å². The summed E-state index contributed by atoms with van der Waals surface area (Å²) in [5.74, 6) is 0.588. The zero-order chi connectivity index (χ0) is 17.3. The molecule has 0 aromatic heterocycles. The van der Waals surface area contributed by atoms with Crippen LogP contribution in [0.1, 0.15) is 26.3 Å². The lowest BCUT2D eigenvalue weighted by Gasteiger charge is -2.19. The van der Waals surface area contributed by atoms with E-state index < -0.39 is 0 Å². The molecular weight excluding hydrogens is 363 g/mol. The van der Waals surface area contributed by atoms with E-state index in [2.05, 4.69) is 79.2 Å². The molecule has 0 aliphatic carbocycles. The summed E-state index contributed by atoms with van der Waals surface area (Å²) in [6.07, 6.45) is 0. The van der Waals surface area contributed by atoms with Crippen molar-refractivity contribution in [3.8, 4) is 16.9 Å². The summed E-state index contributed by atoms with van der Waals surface area (Å²) in [5.41, 5.74) is 3.82. The molecule has 0 heterocycles. The summed E-state index contributed by atoms with van der Waals surface area (Å²) in [6.45, 7) is 6.65. The lowest BCUT2D eigenvalue weighted by Crippen LogP contribution is -2.10. The van der Waals surface area contributed by atoms with E-state index in [1.165, 1.54) is 11.1 Å². The molecule has 3 aromatic carbocycles. The first-order chi connectivity index (χ1) is 11.4. The van der Waals surface area contributed by atoms with Gasteiger partial charge in [-0.15, -0.1) is 0 Å². The molecule has 0 atom stereocenters. The Kier molecular flexibility index (Phi) is 4.70. The predicted octanol–water partition coefficient (Wildman–Crippen LogP) is 5.47. The fraction of sp³-hybridized carbons (Fsp3) is 0.200. The van der Waals surface area contributed by atoms with Gasteiger partial charge in [0.2, 0.25) is 0 Å². The highest BCUT2D eigenvalue weighted by atomic mass is 79.9. The minimum absolute atomic E-state index is 0.154. The molecule has 0 aliphatic rings. The third kappa shape index (κ3) is 3.50. The monoisotopic (exact) mass is 381 g/mol. The van der Waals surface area contributed by atoms with Crippen LogP contribution in [0, 0.1) is 0 Å². The van der Waals surface area contributed by atoms with E-state index in [0.717, 1.165) is 20.8 Å². The fourth-order valence-corrected chi connectivity index (χ4v) is 3.19.